The summed E-state index contributed by atoms with van der Waals surface area (Å²) in [4.78, 5) is 11.7. The van der Waals surface area contributed by atoms with Crippen molar-refractivity contribution in [1.82, 2.24) is 0 Å². The van der Waals surface area contributed by atoms with E-state index in [1.807, 2.05) is 6.07 Å². The number of hydrogen-bond donors (Lipinski definition) is 0. The van der Waals surface area contributed by atoms with Crippen LogP contribution >= 0.6 is 15.9 Å². The second kappa shape index (κ2) is 5.97. The van der Waals surface area contributed by atoms with Gasteiger partial charge in [-0.15, -0.1) is 0 Å². The maximum Gasteiger partial charge on any atom is 0.349 e. The molecule has 1 aromatic carbocycles. The van der Waals surface area contributed by atoms with E-state index in [1.165, 1.54) is 6.08 Å². The maximum atomic E-state index is 11.7. The van der Waals surface area contributed by atoms with Gasteiger partial charge in [-0.05, 0) is 37.6 Å². The SMILES string of the molecule is CC(C)OC(=O)/C(C#N)=C/c1cc2c(cc1Br)OCO2. The van der Waals surface area contributed by atoms with Crippen LogP contribution in [-0.2, 0) is 9.53 Å². The van der Waals surface area contributed by atoms with Gasteiger partial charge in [0.1, 0.15) is 11.6 Å². The lowest BCUT2D eigenvalue weighted by Crippen LogP contribution is -2.12. The van der Waals surface area contributed by atoms with Crippen LogP contribution in [0, 0.1) is 11.3 Å². The van der Waals surface area contributed by atoms with E-state index in [0.717, 1.165) is 0 Å². The lowest BCUT2D eigenvalue weighted by Gasteiger charge is -2.07. The molecule has 1 aromatic rings. The maximum absolute atomic E-state index is 11.7. The van der Waals surface area contributed by atoms with E-state index >= 15 is 0 Å². The fourth-order valence-electron chi connectivity index (χ4n) is 1.61. The number of carbonyl (C=O) groups excluding carboxylic acids is 1. The Morgan fingerprint density at radius 3 is 2.70 bits per heavy atom. The first-order valence-corrected chi connectivity index (χ1v) is 6.72. The largest absolute Gasteiger partial charge is 0.459 e. The summed E-state index contributed by atoms with van der Waals surface area (Å²) in [5.41, 5.74) is 0.574. The summed E-state index contributed by atoms with van der Waals surface area (Å²) in [6.07, 6.45) is 1.18. The summed E-state index contributed by atoms with van der Waals surface area (Å²) in [5, 5.41) is 9.06. The summed E-state index contributed by atoms with van der Waals surface area (Å²) in [5.74, 6) is 0.554. The molecule has 1 aliphatic heterocycles. The molecular formula is C14H12BrNO4. The molecule has 0 unspecified atom stereocenters. The minimum atomic E-state index is -0.646. The van der Waals surface area contributed by atoms with Gasteiger partial charge < -0.3 is 14.2 Å². The molecule has 0 radical (unpaired) electrons. The van der Waals surface area contributed by atoms with E-state index < -0.39 is 5.97 Å². The Morgan fingerprint density at radius 1 is 1.45 bits per heavy atom. The molecule has 6 heteroatoms. The quantitative estimate of drug-likeness (QED) is 0.481. The minimum absolute atomic E-state index is 0.0711. The molecule has 0 N–H and O–H groups in total. The topological polar surface area (TPSA) is 68.6 Å². The van der Waals surface area contributed by atoms with E-state index in [2.05, 4.69) is 15.9 Å². The Bertz CT molecular complexity index is 616. The van der Waals surface area contributed by atoms with Crippen molar-refractivity contribution in [2.45, 2.75) is 20.0 Å². The summed E-state index contributed by atoms with van der Waals surface area (Å²) < 4.78 is 16.2. The third-order valence-electron chi connectivity index (χ3n) is 2.47. The number of carbonyl (C=O) groups is 1. The molecule has 1 heterocycles. The lowest BCUT2D eigenvalue weighted by atomic mass is 10.1. The Kier molecular flexibility index (Phi) is 4.30. The van der Waals surface area contributed by atoms with Crippen LogP contribution in [0.1, 0.15) is 19.4 Å². The van der Waals surface area contributed by atoms with Crippen molar-refractivity contribution >= 4 is 28.0 Å². The fourth-order valence-corrected chi connectivity index (χ4v) is 2.05. The number of esters is 1. The summed E-state index contributed by atoms with van der Waals surface area (Å²) in [7, 11) is 0. The molecule has 0 bridgehead atoms. The zero-order chi connectivity index (χ0) is 14.7. The highest BCUT2D eigenvalue weighted by Crippen LogP contribution is 2.37. The molecule has 20 heavy (non-hydrogen) atoms. The third kappa shape index (κ3) is 3.11. The molecule has 0 atom stereocenters. The summed E-state index contributed by atoms with van der Waals surface area (Å²) in [6.45, 7) is 3.61. The molecular weight excluding hydrogens is 326 g/mol. The zero-order valence-electron chi connectivity index (χ0n) is 11.0. The molecule has 2 rings (SSSR count). The highest BCUT2D eigenvalue weighted by Gasteiger charge is 2.18. The van der Waals surface area contributed by atoms with Crippen LogP contribution in [0.25, 0.3) is 6.08 Å². The van der Waals surface area contributed by atoms with Crippen LogP contribution < -0.4 is 9.47 Å². The highest BCUT2D eigenvalue weighted by atomic mass is 79.9. The van der Waals surface area contributed by atoms with Crippen molar-refractivity contribution < 1.29 is 19.0 Å². The molecule has 0 spiro atoms. The van der Waals surface area contributed by atoms with Gasteiger partial charge in [0, 0.05) is 4.47 Å². The minimum Gasteiger partial charge on any atom is -0.459 e. The molecule has 0 amide bonds. The molecule has 0 aliphatic carbocycles. The van der Waals surface area contributed by atoms with E-state index in [9.17, 15) is 4.79 Å². The number of benzene rings is 1. The van der Waals surface area contributed by atoms with Gasteiger partial charge in [-0.2, -0.15) is 5.26 Å². The van der Waals surface area contributed by atoms with E-state index in [1.54, 1.807) is 26.0 Å². The van der Waals surface area contributed by atoms with E-state index in [0.29, 0.717) is 21.5 Å². The van der Waals surface area contributed by atoms with Gasteiger partial charge in [-0.3, -0.25) is 0 Å². The zero-order valence-corrected chi connectivity index (χ0v) is 12.6. The number of nitrogens with zero attached hydrogens (tertiary/aromatic N) is 1. The Labute approximate surface area is 124 Å². The molecule has 104 valence electrons. The summed E-state index contributed by atoms with van der Waals surface area (Å²) in [6, 6.07) is 5.28. The first-order valence-electron chi connectivity index (χ1n) is 5.93. The first-order chi connectivity index (χ1) is 9.51. The Hall–Kier alpha value is -2.00. The second-order valence-corrected chi connectivity index (χ2v) is 5.21. The van der Waals surface area contributed by atoms with Gasteiger partial charge in [-0.1, -0.05) is 15.9 Å². The van der Waals surface area contributed by atoms with Crippen molar-refractivity contribution in [2.75, 3.05) is 6.79 Å². The molecule has 0 aromatic heterocycles. The lowest BCUT2D eigenvalue weighted by molar-refractivity contribution is -0.142. The highest BCUT2D eigenvalue weighted by molar-refractivity contribution is 9.10. The monoisotopic (exact) mass is 337 g/mol. The number of ether oxygens (including phenoxy) is 3. The molecule has 5 nitrogen and oxygen atoms in total. The number of hydrogen-bond acceptors (Lipinski definition) is 5. The van der Waals surface area contributed by atoms with Crippen LogP contribution in [0.5, 0.6) is 11.5 Å². The average Bonchev–Trinajstić information content (AvgIpc) is 2.81. The molecule has 0 saturated heterocycles. The van der Waals surface area contributed by atoms with Crippen LogP contribution in [0.2, 0.25) is 0 Å². The van der Waals surface area contributed by atoms with Crippen molar-refractivity contribution in [3.63, 3.8) is 0 Å². The molecule has 0 saturated carbocycles. The van der Waals surface area contributed by atoms with Crippen molar-refractivity contribution in [3.05, 3.63) is 27.7 Å². The van der Waals surface area contributed by atoms with Gasteiger partial charge in [0.2, 0.25) is 6.79 Å². The predicted molar refractivity (Wildman–Crippen MR) is 75.1 cm³/mol. The van der Waals surface area contributed by atoms with E-state index in [-0.39, 0.29) is 18.5 Å². The predicted octanol–water partition coefficient (Wildman–Crippen LogP) is 3.04. The number of rotatable bonds is 3. The second-order valence-electron chi connectivity index (χ2n) is 4.35. The van der Waals surface area contributed by atoms with Crippen molar-refractivity contribution in [1.29, 1.82) is 5.26 Å². The Balaban J connectivity index is 2.33. The molecule has 1 aliphatic rings. The smallest absolute Gasteiger partial charge is 0.349 e. The van der Waals surface area contributed by atoms with Gasteiger partial charge in [0.05, 0.1) is 6.10 Å². The van der Waals surface area contributed by atoms with Gasteiger partial charge in [0.25, 0.3) is 0 Å². The number of halogens is 1. The average molecular weight is 338 g/mol. The fraction of sp³-hybridized carbons (Fsp3) is 0.286. The molecule has 0 fully saturated rings. The van der Waals surface area contributed by atoms with Crippen LogP contribution in [0.3, 0.4) is 0 Å². The van der Waals surface area contributed by atoms with Gasteiger partial charge in [-0.25, -0.2) is 4.79 Å². The normalized spacial score (nSPS) is 13.2. The van der Waals surface area contributed by atoms with Crippen molar-refractivity contribution in [3.8, 4) is 17.6 Å². The van der Waals surface area contributed by atoms with Gasteiger partial charge in [0.15, 0.2) is 11.5 Å². The van der Waals surface area contributed by atoms with Crippen molar-refractivity contribution in [2.24, 2.45) is 0 Å². The standard InChI is InChI=1S/C14H12BrNO4/c1-8(2)20-14(17)10(6-16)3-9-4-12-13(5-11(9)15)19-7-18-12/h3-5,8H,7H2,1-2H3/b10-3+. The van der Waals surface area contributed by atoms with E-state index in [4.69, 9.17) is 19.5 Å². The van der Waals surface area contributed by atoms with Crippen LogP contribution in [0.15, 0.2) is 22.2 Å². The van der Waals surface area contributed by atoms with Crippen LogP contribution in [0.4, 0.5) is 0 Å². The van der Waals surface area contributed by atoms with Crippen LogP contribution in [-0.4, -0.2) is 18.9 Å². The number of nitriles is 1. The van der Waals surface area contributed by atoms with Gasteiger partial charge >= 0.3 is 5.97 Å². The first kappa shape index (κ1) is 14.4. The third-order valence-corrected chi connectivity index (χ3v) is 3.16. The summed E-state index contributed by atoms with van der Waals surface area (Å²) >= 11 is 3.37. The number of fused-ring (bicyclic) bond motifs is 1. The Morgan fingerprint density at radius 2 is 2.10 bits per heavy atom.